The Balaban J connectivity index is 1.58. The van der Waals surface area contributed by atoms with Crippen LogP contribution in [0.5, 0.6) is 0 Å². The van der Waals surface area contributed by atoms with Crippen LogP contribution in [0.1, 0.15) is 50.3 Å². The van der Waals surface area contributed by atoms with Crippen molar-refractivity contribution in [3.8, 4) is 0 Å². The summed E-state index contributed by atoms with van der Waals surface area (Å²) in [6, 6.07) is 0. The minimum absolute atomic E-state index is 0.191. The molecule has 4 aliphatic carbocycles. The molecule has 0 radical (unpaired) electrons. The minimum atomic E-state index is -0.727. The van der Waals surface area contributed by atoms with Gasteiger partial charge in [0.15, 0.2) is 0 Å². The molecule has 1 N–H and O–H groups in total. The lowest BCUT2D eigenvalue weighted by Crippen LogP contribution is -2.44. The molecule has 5 rings (SSSR count). The number of hydrogen-bond acceptors (Lipinski definition) is 2. The Labute approximate surface area is 119 Å². The van der Waals surface area contributed by atoms with Gasteiger partial charge in [0.2, 0.25) is 0 Å². The van der Waals surface area contributed by atoms with E-state index in [1.165, 1.54) is 37.9 Å². The van der Waals surface area contributed by atoms with Crippen LogP contribution < -0.4 is 0 Å². The largest absolute Gasteiger partial charge is 0.481 e. The Kier molecular flexibility index (Phi) is 2.86. The zero-order valence-electron chi connectivity index (χ0n) is 11.7. The van der Waals surface area contributed by atoms with Crippen LogP contribution in [0.3, 0.4) is 0 Å². The Bertz CT molecular complexity index is 494. The van der Waals surface area contributed by atoms with E-state index in [-0.39, 0.29) is 6.42 Å². The molecule has 0 saturated heterocycles. The molecule has 1 aromatic heterocycles. The molecule has 4 heteroatoms. The number of nitrogens with zero attached hydrogens (tertiary/aromatic N) is 2. The highest BCUT2D eigenvalue weighted by Crippen LogP contribution is 2.59. The quantitative estimate of drug-likeness (QED) is 0.918. The SMILES string of the molecule is O=C(O)CCn1ccnc1C1C2CC3CC(C2)CC1C3. The van der Waals surface area contributed by atoms with E-state index in [0.717, 1.165) is 23.7 Å². The molecule has 1 heterocycles. The van der Waals surface area contributed by atoms with Crippen molar-refractivity contribution in [1.82, 2.24) is 9.55 Å². The van der Waals surface area contributed by atoms with Crippen LogP contribution in [0.15, 0.2) is 12.4 Å². The van der Waals surface area contributed by atoms with E-state index in [1.54, 1.807) is 0 Å². The summed E-state index contributed by atoms with van der Waals surface area (Å²) in [7, 11) is 0. The molecule has 4 aliphatic rings. The molecule has 0 unspecified atom stereocenters. The molecule has 0 amide bonds. The molecule has 4 saturated carbocycles. The van der Waals surface area contributed by atoms with Crippen molar-refractivity contribution in [2.75, 3.05) is 0 Å². The van der Waals surface area contributed by atoms with Gasteiger partial charge in [-0.15, -0.1) is 0 Å². The van der Waals surface area contributed by atoms with E-state index in [2.05, 4.69) is 9.55 Å². The van der Waals surface area contributed by atoms with Crippen molar-refractivity contribution in [2.45, 2.75) is 51.0 Å². The van der Waals surface area contributed by atoms with Crippen LogP contribution in [-0.4, -0.2) is 20.6 Å². The van der Waals surface area contributed by atoms with E-state index in [1.807, 2.05) is 12.4 Å². The molecule has 0 aliphatic heterocycles. The number of carboxylic acids is 1. The summed E-state index contributed by atoms with van der Waals surface area (Å²) in [5.74, 6) is 4.57. The monoisotopic (exact) mass is 274 g/mol. The topological polar surface area (TPSA) is 55.1 Å². The highest BCUT2D eigenvalue weighted by molar-refractivity contribution is 5.66. The second-order valence-corrected chi connectivity index (χ2v) is 7.08. The van der Waals surface area contributed by atoms with Crippen molar-refractivity contribution < 1.29 is 9.90 Å². The lowest BCUT2D eigenvalue weighted by Gasteiger charge is -2.54. The number of hydrogen-bond donors (Lipinski definition) is 1. The average Bonchev–Trinajstić information content (AvgIpc) is 2.83. The van der Waals surface area contributed by atoms with Gasteiger partial charge in [-0.05, 0) is 55.8 Å². The summed E-state index contributed by atoms with van der Waals surface area (Å²) in [4.78, 5) is 15.4. The Hall–Kier alpha value is -1.32. The fraction of sp³-hybridized carbons (Fsp3) is 0.750. The second-order valence-electron chi connectivity index (χ2n) is 7.08. The van der Waals surface area contributed by atoms with Gasteiger partial charge in [0.1, 0.15) is 5.82 Å². The van der Waals surface area contributed by atoms with Crippen LogP contribution in [0.4, 0.5) is 0 Å². The van der Waals surface area contributed by atoms with Gasteiger partial charge in [-0.2, -0.15) is 0 Å². The Morgan fingerprint density at radius 2 is 1.85 bits per heavy atom. The number of carboxylic acid groups (broad SMARTS) is 1. The van der Waals surface area contributed by atoms with Crippen molar-refractivity contribution in [2.24, 2.45) is 23.7 Å². The highest BCUT2D eigenvalue weighted by Gasteiger charge is 2.49. The fourth-order valence-electron chi connectivity index (χ4n) is 5.37. The molecule has 108 valence electrons. The molecular formula is C16H22N2O2. The third-order valence-corrected chi connectivity index (χ3v) is 5.84. The summed E-state index contributed by atoms with van der Waals surface area (Å²) in [5.41, 5.74) is 0. The third-order valence-electron chi connectivity index (χ3n) is 5.84. The molecule has 0 aromatic carbocycles. The van der Waals surface area contributed by atoms with Gasteiger partial charge in [0, 0.05) is 24.9 Å². The van der Waals surface area contributed by atoms with Crippen LogP contribution in [-0.2, 0) is 11.3 Å². The van der Waals surface area contributed by atoms with Crippen molar-refractivity contribution in [3.63, 3.8) is 0 Å². The first-order chi connectivity index (χ1) is 9.70. The predicted molar refractivity (Wildman–Crippen MR) is 74.3 cm³/mol. The molecule has 20 heavy (non-hydrogen) atoms. The Morgan fingerprint density at radius 3 is 2.45 bits per heavy atom. The van der Waals surface area contributed by atoms with Gasteiger partial charge >= 0.3 is 5.97 Å². The summed E-state index contributed by atoms with van der Waals surface area (Å²) >= 11 is 0. The first kappa shape index (κ1) is 12.4. The standard InChI is InChI=1S/C16H22N2O2/c19-14(20)1-3-18-4-2-17-16(18)15-12-6-10-5-11(8-12)9-13(15)7-10/h2,4,10-13,15H,1,3,5-9H2,(H,19,20). The van der Waals surface area contributed by atoms with Gasteiger partial charge in [0.25, 0.3) is 0 Å². The van der Waals surface area contributed by atoms with E-state index in [9.17, 15) is 4.79 Å². The maximum Gasteiger partial charge on any atom is 0.305 e. The van der Waals surface area contributed by atoms with E-state index < -0.39 is 5.97 Å². The Morgan fingerprint density at radius 1 is 1.20 bits per heavy atom. The average molecular weight is 274 g/mol. The molecule has 4 bridgehead atoms. The van der Waals surface area contributed by atoms with Crippen molar-refractivity contribution in [3.05, 3.63) is 18.2 Å². The molecule has 1 aromatic rings. The predicted octanol–water partition coefficient (Wildman–Crippen LogP) is 2.90. The number of carbonyl (C=O) groups is 1. The smallest absolute Gasteiger partial charge is 0.305 e. The van der Waals surface area contributed by atoms with Gasteiger partial charge in [0.05, 0.1) is 6.42 Å². The molecule has 0 atom stereocenters. The number of aryl methyl sites for hydroxylation is 1. The maximum absolute atomic E-state index is 10.8. The lowest BCUT2D eigenvalue weighted by atomic mass is 9.51. The summed E-state index contributed by atoms with van der Waals surface area (Å²) < 4.78 is 2.10. The van der Waals surface area contributed by atoms with Crippen LogP contribution >= 0.6 is 0 Å². The number of imidazole rings is 1. The minimum Gasteiger partial charge on any atom is -0.481 e. The van der Waals surface area contributed by atoms with Gasteiger partial charge in [-0.1, -0.05) is 0 Å². The van der Waals surface area contributed by atoms with E-state index in [0.29, 0.717) is 12.5 Å². The molecule has 4 fully saturated rings. The summed E-state index contributed by atoms with van der Waals surface area (Å²) in [5, 5.41) is 8.88. The number of aromatic nitrogens is 2. The van der Waals surface area contributed by atoms with E-state index >= 15 is 0 Å². The van der Waals surface area contributed by atoms with Crippen LogP contribution in [0.25, 0.3) is 0 Å². The fourth-order valence-corrected chi connectivity index (χ4v) is 5.37. The van der Waals surface area contributed by atoms with Gasteiger partial charge in [-0.3, -0.25) is 4.79 Å². The van der Waals surface area contributed by atoms with Crippen LogP contribution in [0.2, 0.25) is 0 Å². The zero-order valence-corrected chi connectivity index (χ0v) is 11.7. The first-order valence-electron chi connectivity index (χ1n) is 7.93. The molecular weight excluding hydrogens is 252 g/mol. The van der Waals surface area contributed by atoms with Crippen molar-refractivity contribution >= 4 is 5.97 Å². The summed E-state index contributed by atoms with van der Waals surface area (Å²) in [6.07, 6.45) is 11.0. The maximum atomic E-state index is 10.8. The second kappa shape index (κ2) is 4.61. The molecule has 0 spiro atoms. The van der Waals surface area contributed by atoms with E-state index in [4.69, 9.17) is 5.11 Å². The lowest BCUT2D eigenvalue weighted by molar-refractivity contribution is -0.137. The molecule has 4 nitrogen and oxygen atoms in total. The summed E-state index contributed by atoms with van der Waals surface area (Å²) in [6.45, 7) is 0.563. The first-order valence-corrected chi connectivity index (χ1v) is 7.93. The number of rotatable bonds is 4. The van der Waals surface area contributed by atoms with Crippen molar-refractivity contribution in [1.29, 1.82) is 0 Å². The number of aliphatic carboxylic acids is 1. The highest BCUT2D eigenvalue weighted by atomic mass is 16.4. The van der Waals surface area contributed by atoms with Gasteiger partial charge in [-0.25, -0.2) is 4.98 Å². The third kappa shape index (κ3) is 1.97. The van der Waals surface area contributed by atoms with Crippen LogP contribution in [0, 0.1) is 23.7 Å². The van der Waals surface area contributed by atoms with Gasteiger partial charge < -0.3 is 9.67 Å². The zero-order chi connectivity index (χ0) is 13.7. The normalized spacial score (nSPS) is 38.3.